The van der Waals surface area contributed by atoms with E-state index in [0.29, 0.717) is 5.16 Å². The van der Waals surface area contributed by atoms with E-state index in [1.54, 1.807) is 11.8 Å². The van der Waals surface area contributed by atoms with Gasteiger partial charge in [0.05, 0.1) is 13.2 Å². The van der Waals surface area contributed by atoms with Crippen molar-refractivity contribution >= 4 is 11.8 Å². The van der Waals surface area contributed by atoms with Gasteiger partial charge in [0.15, 0.2) is 5.16 Å². The zero-order valence-electron chi connectivity index (χ0n) is 9.94. The standard InChI is InChI=1S/C11H17N3O2S/c1-9-8-10(15)13-11(12-9)17-7-4-14-2-5-16-6-3-14/h8H,2-7H2,1H3,(H,12,13,15). The van der Waals surface area contributed by atoms with Crippen LogP contribution < -0.4 is 5.56 Å². The third kappa shape index (κ3) is 4.14. The van der Waals surface area contributed by atoms with Gasteiger partial charge in [-0.05, 0) is 6.92 Å². The van der Waals surface area contributed by atoms with Crippen molar-refractivity contribution in [1.82, 2.24) is 14.9 Å². The molecule has 1 aliphatic rings. The summed E-state index contributed by atoms with van der Waals surface area (Å²) in [5.41, 5.74) is 0.689. The predicted molar refractivity (Wildman–Crippen MR) is 67.6 cm³/mol. The number of hydrogen-bond donors (Lipinski definition) is 1. The number of ether oxygens (including phenoxy) is 1. The molecule has 1 aromatic rings. The summed E-state index contributed by atoms with van der Waals surface area (Å²) in [5, 5.41) is 0.711. The van der Waals surface area contributed by atoms with Crippen molar-refractivity contribution < 1.29 is 4.74 Å². The molecule has 2 heterocycles. The van der Waals surface area contributed by atoms with E-state index in [1.165, 1.54) is 6.07 Å². The summed E-state index contributed by atoms with van der Waals surface area (Å²) in [6.45, 7) is 6.48. The number of nitrogens with zero attached hydrogens (tertiary/aromatic N) is 2. The number of nitrogens with one attached hydrogen (secondary N) is 1. The molecule has 5 nitrogen and oxygen atoms in total. The van der Waals surface area contributed by atoms with Gasteiger partial charge in [0, 0.05) is 37.1 Å². The highest BCUT2D eigenvalue weighted by molar-refractivity contribution is 7.99. The first-order valence-electron chi connectivity index (χ1n) is 5.75. The smallest absolute Gasteiger partial charge is 0.251 e. The Bertz CT molecular complexity index is 415. The summed E-state index contributed by atoms with van der Waals surface area (Å²) < 4.78 is 5.29. The van der Waals surface area contributed by atoms with Gasteiger partial charge in [-0.3, -0.25) is 9.69 Å². The number of H-pyrrole nitrogens is 1. The lowest BCUT2D eigenvalue weighted by Crippen LogP contribution is -2.37. The quantitative estimate of drug-likeness (QED) is 0.627. The molecule has 0 bridgehead atoms. The zero-order chi connectivity index (χ0) is 12.1. The predicted octanol–water partition coefficient (Wildman–Crippen LogP) is 0.503. The van der Waals surface area contributed by atoms with Crippen LogP contribution in [0.2, 0.25) is 0 Å². The maximum Gasteiger partial charge on any atom is 0.251 e. The van der Waals surface area contributed by atoms with Crippen LogP contribution in [0.25, 0.3) is 0 Å². The molecule has 6 heteroatoms. The number of rotatable bonds is 4. The molecule has 0 saturated carbocycles. The van der Waals surface area contributed by atoms with E-state index in [0.717, 1.165) is 44.3 Å². The molecule has 0 amide bonds. The maximum absolute atomic E-state index is 11.2. The second-order valence-corrected chi connectivity index (χ2v) is 5.08. The molecule has 0 aromatic carbocycles. The minimum Gasteiger partial charge on any atom is -0.379 e. The molecule has 0 spiro atoms. The topological polar surface area (TPSA) is 58.2 Å². The molecule has 1 aliphatic heterocycles. The zero-order valence-corrected chi connectivity index (χ0v) is 10.8. The number of thioether (sulfide) groups is 1. The Morgan fingerprint density at radius 2 is 2.29 bits per heavy atom. The fourth-order valence-corrected chi connectivity index (χ4v) is 2.64. The van der Waals surface area contributed by atoms with E-state index in [9.17, 15) is 4.79 Å². The first-order chi connectivity index (χ1) is 8.24. The number of aromatic amines is 1. The van der Waals surface area contributed by atoms with Gasteiger partial charge in [0.1, 0.15) is 0 Å². The lowest BCUT2D eigenvalue weighted by molar-refractivity contribution is 0.0410. The van der Waals surface area contributed by atoms with Crippen molar-refractivity contribution in [1.29, 1.82) is 0 Å². The normalized spacial score (nSPS) is 17.2. The molecule has 1 aromatic heterocycles. The van der Waals surface area contributed by atoms with E-state index in [-0.39, 0.29) is 5.56 Å². The molecule has 1 fully saturated rings. The first-order valence-corrected chi connectivity index (χ1v) is 6.73. The molecule has 17 heavy (non-hydrogen) atoms. The molecule has 1 N–H and O–H groups in total. The highest BCUT2D eigenvalue weighted by atomic mass is 32.2. The number of hydrogen-bond acceptors (Lipinski definition) is 5. The van der Waals surface area contributed by atoms with Crippen molar-refractivity contribution in [2.45, 2.75) is 12.1 Å². The highest BCUT2D eigenvalue weighted by Gasteiger charge is 2.09. The van der Waals surface area contributed by atoms with Crippen molar-refractivity contribution in [3.63, 3.8) is 0 Å². The van der Waals surface area contributed by atoms with Gasteiger partial charge in [0.25, 0.3) is 5.56 Å². The Kier molecular flexibility index (Phi) is 4.58. The second-order valence-electron chi connectivity index (χ2n) is 3.99. The monoisotopic (exact) mass is 255 g/mol. The minimum atomic E-state index is -0.0774. The highest BCUT2D eigenvalue weighted by Crippen LogP contribution is 2.11. The third-order valence-electron chi connectivity index (χ3n) is 2.60. The van der Waals surface area contributed by atoms with Crippen LogP contribution in [0.5, 0.6) is 0 Å². The molecular weight excluding hydrogens is 238 g/mol. The molecule has 2 rings (SSSR count). The van der Waals surface area contributed by atoms with Gasteiger partial charge in [-0.15, -0.1) is 0 Å². The van der Waals surface area contributed by atoms with Gasteiger partial charge < -0.3 is 9.72 Å². The average Bonchev–Trinajstić information content (AvgIpc) is 2.29. The van der Waals surface area contributed by atoms with Crippen LogP contribution in [0.15, 0.2) is 16.0 Å². The third-order valence-corrected chi connectivity index (χ3v) is 3.45. The van der Waals surface area contributed by atoms with Crippen molar-refractivity contribution in [3.8, 4) is 0 Å². The largest absolute Gasteiger partial charge is 0.379 e. The van der Waals surface area contributed by atoms with E-state index in [2.05, 4.69) is 14.9 Å². The molecule has 0 aliphatic carbocycles. The lowest BCUT2D eigenvalue weighted by Gasteiger charge is -2.26. The van der Waals surface area contributed by atoms with Crippen LogP contribution >= 0.6 is 11.8 Å². The van der Waals surface area contributed by atoms with Crippen molar-refractivity contribution in [2.24, 2.45) is 0 Å². The average molecular weight is 255 g/mol. The summed E-state index contributed by atoms with van der Waals surface area (Å²) in [7, 11) is 0. The minimum absolute atomic E-state index is 0.0774. The van der Waals surface area contributed by atoms with Crippen LogP contribution in [-0.2, 0) is 4.74 Å². The van der Waals surface area contributed by atoms with E-state index >= 15 is 0 Å². The lowest BCUT2D eigenvalue weighted by atomic mass is 10.4. The van der Waals surface area contributed by atoms with Gasteiger partial charge in [-0.2, -0.15) is 0 Å². The number of morpholine rings is 1. The summed E-state index contributed by atoms with van der Waals surface area (Å²) in [6, 6.07) is 1.51. The van der Waals surface area contributed by atoms with Gasteiger partial charge in [-0.25, -0.2) is 4.98 Å². The summed E-state index contributed by atoms with van der Waals surface area (Å²) in [6.07, 6.45) is 0. The Balaban J connectivity index is 1.79. The van der Waals surface area contributed by atoms with Crippen LogP contribution in [0, 0.1) is 6.92 Å². The van der Waals surface area contributed by atoms with Crippen molar-refractivity contribution in [3.05, 3.63) is 22.1 Å². The maximum atomic E-state index is 11.2. The second kappa shape index (κ2) is 6.18. The molecule has 0 radical (unpaired) electrons. The van der Waals surface area contributed by atoms with E-state index in [4.69, 9.17) is 4.74 Å². The van der Waals surface area contributed by atoms with Crippen LogP contribution in [0.4, 0.5) is 0 Å². The SMILES string of the molecule is Cc1cc(=O)[nH]c(SCCN2CCOCC2)n1. The van der Waals surface area contributed by atoms with Crippen LogP contribution in [-0.4, -0.2) is 53.5 Å². The molecule has 0 atom stereocenters. The Morgan fingerprint density at radius 3 is 3.00 bits per heavy atom. The molecule has 1 saturated heterocycles. The van der Waals surface area contributed by atoms with Crippen molar-refractivity contribution in [2.75, 3.05) is 38.6 Å². The van der Waals surface area contributed by atoms with Crippen LogP contribution in [0.1, 0.15) is 5.69 Å². The summed E-state index contributed by atoms with van der Waals surface area (Å²) in [4.78, 5) is 20.6. The fraction of sp³-hybridized carbons (Fsp3) is 0.636. The van der Waals surface area contributed by atoms with Gasteiger partial charge in [0.2, 0.25) is 0 Å². The number of aryl methyl sites for hydroxylation is 1. The van der Waals surface area contributed by atoms with Gasteiger partial charge >= 0.3 is 0 Å². The Labute approximate surface area is 105 Å². The van der Waals surface area contributed by atoms with E-state index in [1.807, 2.05) is 6.92 Å². The molecule has 94 valence electrons. The molecular formula is C11H17N3O2S. The Morgan fingerprint density at radius 1 is 1.53 bits per heavy atom. The molecule has 0 unspecified atom stereocenters. The number of aromatic nitrogens is 2. The first kappa shape index (κ1) is 12.6. The van der Waals surface area contributed by atoms with E-state index < -0.39 is 0 Å². The Hall–Kier alpha value is -0.850. The summed E-state index contributed by atoms with van der Waals surface area (Å²) in [5.74, 6) is 0.937. The fourth-order valence-electron chi connectivity index (χ4n) is 1.72. The van der Waals surface area contributed by atoms with Gasteiger partial charge in [-0.1, -0.05) is 11.8 Å². The summed E-state index contributed by atoms with van der Waals surface area (Å²) >= 11 is 1.59. The van der Waals surface area contributed by atoms with Crippen LogP contribution in [0.3, 0.4) is 0 Å².